The first-order chi connectivity index (χ1) is 7.38. The lowest BCUT2D eigenvalue weighted by Gasteiger charge is -2.06. The van der Waals surface area contributed by atoms with Gasteiger partial charge in [0, 0.05) is 13.1 Å². The summed E-state index contributed by atoms with van der Waals surface area (Å²) in [6.45, 7) is 5.17. The smallest absolute Gasteiger partial charge is 0.210 e. The topological polar surface area (TPSA) is 72.2 Å². The zero-order chi connectivity index (χ0) is 12.2. The minimum atomic E-state index is -3.36. The van der Waals surface area contributed by atoms with Crippen molar-refractivity contribution in [2.75, 3.05) is 12.3 Å². The normalized spacial score (nSPS) is 11.7. The van der Waals surface area contributed by atoms with Gasteiger partial charge in [-0.25, -0.2) is 13.6 Å². The fourth-order valence-electron chi connectivity index (χ4n) is 1.36. The van der Waals surface area contributed by atoms with Gasteiger partial charge in [-0.3, -0.25) is 0 Å². The SMILES string of the molecule is Cc1ccc(CNCCS(N)(=O)=O)cc1C. The van der Waals surface area contributed by atoms with Crippen LogP contribution in [0.15, 0.2) is 18.2 Å². The zero-order valence-corrected chi connectivity index (χ0v) is 10.5. The largest absolute Gasteiger partial charge is 0.312 e. The lowest BCUT2D eigenvalue weighted by molar-refractivity contribution is 0.592. The first-order valence-corrected chi connectivity index (χ1v) is 6.87. The molecule has 90 valence electrons. The molecule has 0 aliphatic rings. The molecule has 0 aromatic heterocycles. The van der Waals surface area contributed by atoms with Crippen molar-refractivity contribution in [2.24, 2.45) is 5.14 Å². The van der Waals surface area contributed by atoms with Crippen molar-refractivity contribution in [3.8, 4) is 0 Å². The Hall–Kier alpha value is -0.910. The second-order valence-electron chi connectivity index (χ2n) is 3.96. The van der Waals surface area contributed by atoms with Gasteiger partial charge in [0.25, 0.3) is 0 Å². The molecule has 0 atom stereocenters. The Kier molecular flexibility index (Phi) is 4.46. The molecule has 3 N–H and O–H groups in total. The highest BCUT2D eigenvalue weighted by Crippen LogP contribution is 2.09. The van der Waals surface area contributed by atoms with Gasteiger partial charge in [0.2, 0.25) is 10.0 Å². The molecule has 0 saturated carbocycles. The van der Waals surface area contributed by atoms with Gasteiger partial charge in [-0.05, 0) is 30.5 Å². The molecule has 0 aliphatic heterocycles. The minimum Gasteiger partial charge on any atom is -0.312 e. The predicted octanol–water partition coefficient (Wildman–Crippen LogP) is 0.682. The second-order valence-corrected chi connectivity index (χ2v) is 5.70. The van der Waals surface area contributed by atoms with Gasteiger partial charge in [-0.15, -0.1) is 0 Å². The summed E-state index contributed by atoms with van der Waals surface area (Å²) >= 11 is 0. The maximum Gasteiger partial charge on any atom is 0.210 e. The van der Waals surface area contributed by atoms with E-state index in [1.165, 1.54) is 11.1 Å². The Morgan fingerprint density at radius 1 is 1.25 bits per heavy atom. The van der Waals surface area contributed by atoms with Crippen LogP contribution in [0.3, 0.4) is 0 Å². The summed E-state index contributed by atoms with van der Waals surface area (Å²) in [5, 5.41) is 7.94. The third-order valence-electron chi connectivity index (χ3n) is 2.46. The number of rotatable bonds is 5. The molecule has 1 aromatic carbocycles. The highest BCUT2D eigenvalue weighted by atomic mass is 32.2. The summed E-state index contributed by atoms with van der Waals surface area (Å²) in [4.78, 5) is 0. The van der Waals surface area contributed by atoms with Gasteiger partial charge in [-0.2, -0.15) is 0 Å². The van der Waals surface area contributed by atoms with Crippen molar-refractivity contribution in [1.29, 1.82) is 0 Å². The van der Waals surface area contributed by atoms with Crippen molar-refractivity contribution >= 4 is 10.0 Å². The van der Waals surface area contributed by atoms with E-state index in [1.54, 1.807) is 0 Å². The molecule has 0 spiro atoms. The van der Waals surface area contributed by atoms with Gasteiger partial charge in [0.15, 0.2) is 0 Å². The number of hydrogen-bond acceptors (Lipinski definition) is 3. The lowest BCUT2D eigenvalue weighted by atomic mass is 10.1. The van der Waals surface area contributed by atoms with Crippen molar-refractivity contribution in [1.82, 2.24) is 5.32 Å². The van der Waals surface area contributed by atoms with Gasteiger partial charge >= 0.3 is 0 Å². The van der Waals surface area contributed by atoms with E-state index in [4.69, 9.17) is 5.14 Å². The summed E-state index contributed by atoms with van der Waals surface area (Å²) in [6.07, 6.45) is 0. The quantitative estimate of drug-likeness (QED) is 0.746. The van der Waals surface area contributed by atoms with E-state index >= 15 is 0 Å². The van der Waals surface area contributed by atoms with Crippen LogP contribution in [-0.4, -0.2) is 20.7 Å². The van der Waals surface area contributed by atoms with Crippen LogP contribution >= 0.6 is 0 Å². The number of sulfonamides is 1. The molecule has 1 rings (SSSR count). The lowest BCUT2D eigenvalue weighted by Crippen LogP contribution is -2.26. The highest BCUT2D eigenvalue weighted by Gasteiger charge is 2.01. The number of primary sulfonamides is 1. The third-order valence-corrected chi connectivity index (χ3v) is 3.24. The fraction of sp³-hybridized carbons (Fsp3) is 0.455. The Morgan fingerprint density at radius 2 is 1.94 bits per heavy atom. The van der Waals surface area contributed by atoms with Crippen molar-refractivity contribution < 1.29 is 8.42 Å². The molecule has 16 heavy (non-hydrogen) atoms. The first kappa shape index (κ1) is 13.2. The summed E-state index contributed by atoms with van der Waals surface area (Å²) < 4.78 is 21.4. The maximum atomic E-state index is 10.7. The number of hydrogen-bond donors (Lipinski definition) is 2. The monoisotopic (exact) mass is 242 g/mol. The number of nitrogens with two attached hydrogens (primary N) is 1. The van der Waals surface area contributed by atoms with E-state index in [1.807, 2.05) is 6.07 Å². The number of benzene rings is 1. The average Bonchev–Trinajstić information content (AvgIpc) is 2.17. The molecule has 1 aromatic rings. The van der Waals surface area contributed by atoms with Gasteiger partial charge < -0.3 is 5.32 Å². The Labute approximate surface area is 96.9 Å². The zero-order valence-electron chi connectivity index (χ0n) is 9.66. The number of aryl methyl sites for hydroxylation is 2. The molecule has 0 radical (unpaired) electrons. The molecule has 0 fully saturated rings. The molecular formula is C11H18N2O2S. The molecule has 5 heteroatoms. The molecule has 4 nitrogen and oxygen atoms in total. The van der Waals surface area contributed by atoms with Crippen LogP contribution in [0.2, 0.25) is 0 Å². The summed E-state index contributed by atoms with van der Waals surface area (Å²) in [6, 6.07) is 6.19. The minimum absolute atomic E-state index is 0.0299. The van der Waals surface area contributed by atoms with Crippen LogP contribution in [-0.2, 0) is 16.6 Å². The van der Waals surface area contributed by atoms with Crippen molar-refractivity contribution in [2.45, 2.75) is 20.4 Å². The highest BCUT2D eigenvalue weighted by molar-refractivity contribution is 7.89. The molecular weight excluding hydrogens is 224 g/mol. The number of nitrogens with one attached hydrogen (secondary N) is 1. The van der Waals surface area contributed by atoms with Crippen LogP contribution in [0.5, 0.6) is 0 Å². The summed E-state index contributed by atoms with van der Waals surface area (Å²) in [7, 11) is -3.36. The molecule has 0 amide bonds. The van der Waals surface area contributed by atoms with Crippen LogP contribution < -0.4 is 10.5 Å². The van der Waals surface area contributed by atoms with Crippen LogP contribution in [0.4, 0.5) is 0 Å². The summed E-state index contributed by atoms with van der Waals surface area (Å²) in [5.41, 5.74) is 3.65. The van der Waals surface area contributed by atoms with E-state index in [0.29, 0.717) is 13.1 Å². The summed E-state index contributed by atoms with van der Waals surface area (Å²) in [5.74, 6) is -0.0299. The molecule has 0 heterocycles. The van der Waals surface area contributed by atoms with Gasteiger partial charge in [0.1, 0.15) is 0 Å². The maximum absolute atomic E-state index is 10.7. The van der Waals surface area contributed by atoms with E-state index in [-0.39, 0.29) is 5.75 Å². The van der Waals surface area contributed by atoms with Gasteiger partial charge in [-0.1, -0.05) is 18.2 Å². The van der Waals surface area contributed by atoms with Crippen LogP contribution in [0.1, 0.15) is 16.7 Å². The molecule has 0 aliphatic carbocycles. The molecule has 0 unspecified atom stereocenters. The fourth-order valence-corrected chi connectivity index (χ4v) is 1.79. The van der Waals surface area contributed by atoms with Crippen molar-refractivity contribution in [3.05, 3.63) is 34.9 Å². The predicted molar refractivity (Wildman–Crippen MR) is 65.6 cm³/mol. The van der Waals surface area contributed by atoms with E-state index in [0.717, 1.165) is 5.56 Å². The first-order valence-electron chi connectivity index (χ1n) is 5.16. The van der Waals surface area contributed by atoms with E-state index in [9.17, 15) is 8.42 Å². The van der Waals surface area contributed by atoms with Crippen molar-refractivity contribution in [3.63, 3.8) is 0 Å². The van der Waals surface area contributed by atoms with Crippen LogP contribution in [0.25, 0.3) is 0 Å². The average molecular weight is 242 g/mol. The Bertz CT molecular complexity index is 455. The van der Waals surface area contributed by atoms with Gasteiger partial charge in [0.05, 0.1) is 5.75 Å². The Balaban J connectivity index is 2.41. The third kappa shape index (κ3) is 4.74. The van der Waals surface area contributed by atoms with E-state index < -0.39 is 10.0 Å². The molecule has 0 saturated heterocycles. The second kappa shape index (κ2) is 5.43. The molecule has 0 bridgehead atoms. The Morgan fingerprint density at radius 3 is 2.50 bits per heavy atom. The van der Waals surface area contributed by atoms with E-state index in [2.05, 4.69) is 31.3 Å². The van der Waals surface area contributed by atoms with Crippen LogP contribution in [0, 0.1) is 13.8 Å². The standard InChI is InChI=1S/C11H18N2O2S/c1-9-3-4-11(7-10(9)2)8-13-5-6-16(12,14)15/h3-4,7,13H,5-6,8H2,1-2H3,(H2,12,14,15).